The molecule has 1 fully saturated rings. The number of rotatable bonds is 6. The van der Waals surface area contributed by atoms with Gasteiger partial charge < -0.3 is 10.2 Å². The van der Waals surface area contributed by atoms with Gasteiger partial charge in [0, 0.05) is 17.3 Å². The number of hydrogen-bond donors (Lipinski definition) is 1. The van der Waals surface area contributed by atoms with Crippen LogP contribution in [0.15, 0.2) is 59.6 Å². The second-order valence-corrected chi connectivity index (χ2v) is 8.92. The van der Waals surface area contributed by atoms with Gasteiger partial charge in [-0.05, 0) is 48.6 Å². The molecule has 0 radical (unpaired) electrons. The first-order valence-corrected chi connectivity index (χ1v) is 11.5. The molecule has 4 heteroatoms. The molecule has 2 aromatic carbocycles. The number of benzene rings is 2. The standard InChI is InChI=1S/C25H32ClN3/c26-22-12-14-23(15-13-22)28-25-27-19-24(18-21-10-6-3-7-11-21)29(25)17-16-20-8-4-1-2-5-9-20/h3,6-7,10-15,20,24H,1-2,4-5,8-9,16-19H2,(H,27,28)/t24-/m0/s1. The highest BCUT2D eigenvalue weighted by molar-refractivity contribution is 6.30. The van der Waals surface area contributed by atoms with E-state index in [4.69, 9.17) is 16.6 Å². The second kappa shape index (κ2) is 10.2. The highest BCUT2D eigenvalue weighted by Gasteiger charge is 2.28. The van der Waals surface area contributed by atoms with Crippen LogP contribution in [0.2, 0.25) is 5.02 Å². The first kappa shape index (κ1) is 20.3. The second-order valence-electron chi connectivity index (χ2n) is 8.48. The molecule has 1 atom stereocenters. The van der Waals surface area contributed by atoms with Crippen LogP contribution in [0, 0.1) is 5.92 Å². The molecule has 1 saturated carbocycles. The lowest BCUT2D eigenvalue weighted by Crippen LogP contribution is -2.42. The van der Waals surface area contributed by atoms with Crippen molar-refractivity contribution < 1.29 is 0 Å². The number of halogens is 1. The first-order chi connectivity index (χ1) is 14.3. The van der Waals surface area contributed by atoms with Crippen LogP contribution in [0.5, 0.6) is 0 Å². The van der Waals surface area contributed by atoms with Gasteiger partial charge in [0.15, 0.2) is 5.96 Å². The summed E-state index contributed by atoms with van der Waals surface area (Å²) in [6.45, 7) is 1.94. The summed E-state index contributed by atoms with van der Waals surface area (Å²) < 4.78 is 0. The Morgan fingerprint density at radius 3 is 2.38 bits per heavy atom. The van der Waals surface area contributed by atoms with Crippen molar-refractivity contribution in [2.45, 2.75) is 57.4 Å². The smallest absolute Gasteiger partial charge is 0.198 e. The average Bonchev–Trinajstić information content (AvgIpc) is 2.93. The van der Waals surface area contributed by atoms with E-state index < -0.39 is 0 Å². The molecule has 0 amide bonds. The zero-order chi connectivity index (χ0) is 19.9. The largest absolute Gasteiger partial charge is 0.338 e. The highest BCUT2D eigenvalue weighted by Crippen LogP contribution is 2.27. The van der Waals surface area contributed by atoms with Gasteiger partial charge in [0.05, 0.1) is 12.6 Å². The lowest BCUT2D eigenvalue weighted by atomic mass is 9.96. The van der Waals surface area contributed by atoms with Gasteiger partial charge in [-0.3, -0.25) is 4.99 Å². The molecule has 0 saturated heterocycles. The van der Waals surface area contributed by atoms with Crippen LogP contribution in [-0.2, 0) is 6.42 Å². The monoisotopic (exact) mass is 409 g/mol. The molecule has 29 heavy (non-hydrogen) atoms. The third-order valence-corrected chi connectivity index (χ3v) is 6.58. The first-order valence-electron chi connectivity index (χ1n) is 11.2. The molecule has 1 N–H and O–H groups in total. The van der Waals surface area contributed by atoms with Crippen LogP contribution in [0.1, 0.15) is 50.5 Å². The van der Waals surface area contributed by atoms with E-state index in [1.807, 2.05) is 24.3 Å². The zero-order valence-electron chi connectivity index (χ0n) is 17.2. The van der Waals surface area contributed by atoms with Crippen LogP contribution >= 0.6 is 11.6 Å². The molecule has 2 aromatic rings. The Morgan fingerprint density at radius 2 is 1.66 bits per heavy atom. The van der Waals surface area contributed by atoms with Gasteiger partial charge in [0.2, 0.25) is 0 Å². The van der Waals surface area contributed by atoms with Gasteiger partial charge in [-0.2, -0.15) is 0 Å². The van der Waals surface area contributed by atoms with Gasteiger partial charge in [0.1, 0.15) is 0 Å². The topological polar surface area (TPSA) is 27.6 Å². The molecule has 0 bridgehead atoms. The number of nitrogens with zero attached hydrogens (tertiary/aromatic N) is 2. The van der Waals surface area contributed by atoms with E-state index in [2.05, 4.69) is 40.5 Å². The number of anilines is 1. The summed E-state index contributed by atoms with van der Waals surface area (Å²) in [4.78, 5) is 7.41. The minimum absolute atomic E-state index is 0.429. The summed E-state index contributed by atoms with van der Waals surface area (Å²) in [5.41, 5.74) is 2.44. The Bertz CT molecular complexity index is 779. The number of guanidine groups is 1. The van der Waals surface area contributed by atoms with E-state index >= 15 is 0 Å². The fraction of sp³-hybridized carbons (Fsp3) is 0.480. The molecule has 0 spiro atoms. The van der Waals surface area contributed by atoms with Gasteiger partial charge in [-0.1, -0.05) is 80.5 Å². The molecule has 0 aromatic heterocycles. The molecule has 1 aliphatic heterocycles. The van der Waals surface area contributed by atoms with Crippen LogP contribution in [0.3, 0.4) is 0 Å². The molecule has 2 aliphatic rings. The van der Waals surface area contributed by atoms with Crippen LogP contribution < -0.4 is 5.32 Å². The van der Waals surface area contributed by atoms with Crippen LogP contribution in [-0.4, -0.2) is 30.0 Å². The van der Waals surface area contributed by atoms with Crippen molar-refractivity contribution >= 4 is 23.2 Å². The lowest BCUT2D eigenvalue weighted by molar-refractivity contribution is 0.296. The van der Waals surface area contributed by atoms with Crippen molar-refractivity contribution in [1.82, 2.24) is 4.90 Å². The van der Waals surface area contributed by atoms with E-state index in [0.717, 1.165) is 42.1 Å². The maximum Gasteiger partial charge on any atom is 0.198 e. The summed E-state index contributed by atoms with van der Waals surface area (Å²) in [6.07, 6.45) is 10.8. The Balaban J connectivity index is 1.44. The van der Waals surface area contributed by atoms with Crippen molar-refractivity contribution in [3.63, 3.8) is 0 Å². The van der Waals surface area contributed by atoms with Crippen molar-refractivity contribution in [2.75, 3.05) is 18.4 Å². The SMILES string of the molecule is Clc1ccc(NC2=NC[C@H](Cc3ccccc3)N2CCC2CCCCCC2)cc1. The summed E-state index contributed by atoms with van der Waals surface area (Å²) >= 11 is 6.05. The van der Waals surface area contributed by atoms with E-state index in [0.29, 0.717) is 6.04 Å². The lowest BCUT2D eigenvalue weighted by Gasteiger charge is -2.30. The molecular weight excluding hydrogens is 378 g/mol. The third-order valence-electron chi connectivity index (χ3n) is 6.33. The number of aliphatic imine (C=N–C) groups is 1. The van der Waals surface area contributed by atoms with Crippen molar-refractivity contribution in [2.24, 2.45) is 10.9 Å². The molecule has 4 rings (SSSR count). The van der Waals surface area contributed by atoms with Gasteiger partial charge in [0.25, 0.3) is 0 Å². The fourth-order valence-corrected chi connectivity index (χ4v) is 4.78. The highest BCUT2D eigenvalue weighted by atomic mass is 35.5. The van der Waals surface area contributed by atoms with E-state index in [9.17, 15) is 0 Å². The molecular formula is C25H32ClN3. The Labute approximate surface area is 180 Å². The Hall–Kier alpha value is -2.00. The molecule has 3 nitrogen and oxygen atoms in total. The summed E-state index contributed by atoms with van der Waals surface area (Å²) in [5, 5.41) is 4.31. The predicted molar refractivity (Wildman–Crippen MR) is 124 cm³/mol. The number of nitrogens with one attached hydrogen (secondary N) is 1. The number of hydrogen-bond acceptors (Lipinski definition) is 3. The maximum atomic E-state index is 6.05. The molecule has 1 heterocycles. The quantitative estimate of drug-likeness (QED) is 0.559. The van der Waals surface area contributed by atoms with Crippen molar-refractivity contribution in [1.29, 1.82) is 0 Å². The maximum absolute atomic E-state index is 6.05. The minimum Gasteiger partial charge on any atom is -0.338 e. The Morgan fingerprint density at radius 1 is 0.931 bits per heavy atom. The average molecular weight is 410 g/mol. The molecule has 1 aliphatic carbocycles. The van der Waals surface area contributed by atoms with Crippen LogP contribution in [0.25, 0.3) is 0 Å². The summed E-state index contributed by atoms with van der Waals surface area (Å²) in [6, 6.07) is 19.2. The van der Waals surface area contributed by atoms with Gasteiger partial charge >= 0.3 is 0 Å². The molecule has 0 unspecified atom stereocenters. The van der Waals surface area contributed by atoms with Crippen molar-refractivity contribution in [3.8, 4) is 0 Å². The van der Waals surface area contributed by atoms with Crippen LogP contribution in [0.4, 0.5) is 5.69 Å². The zero-order valence-corrected chi connectivity index (χ0v) is 18.0. The van der Waals surface area contributed by atoms with E-state index in [1.54, 1.807) is 0 Å². The normalized spacial score (nSPS) is 20.4. The minimum atomic E-state index is 0.429. The molecule has 154 valence electrons. The van der Waals surface area contributed by atoms with E-state index in [1.165, 1.54) is 50.5 Å². The summed E-state index contributed by atoms with van der Waals surface area (Å²) in [7, 11) is 0. The van der Waals surface area contributed by atoms with Gasteiger partial charge in [-0.25, -0.2) is 0 Å². The third kappa shape index (κ3) is 5.76. The Kier molecular flexibility index (Phi) is 7.10. The van der Waals surface area contributed by atoms with Gasteiger partial charge in [-0.15, -0.1) is 0 Å². The van der Waals surface area contributed by atoms with E-state index in [-0.39, 0.29) is 0 Å². The summed E-state index contributed by atoms with van der Waals surface area (Å²) in [5.74, 6) is 1.88. The van der Waals surface area contributed by atoms with Crippen molar-refractivity contribution in [3.05, 3.63) is 65.2 Å². The predicted octanol–water partition coefficient (Wildman–Crippen LogP) is 6.40. The fourth-order valence-electron chi connectivity index (χ4n) is 4.65.